The van der Waals surface area contributed by atoms with E-state index in [0.717, 1.165) is 56.2 Å². The first-order valence-corrected chi connectivity index (χ1v) is 15.1. The summed E-state index contributed by atoms with van der Waals surface area (Å²) in [5.41, 5.74) is 9.29. The van der Waals surface area contributed by atoms with Crippen LogP contribution in [-0.4, -0.2) is 0 Å². The average molecular weight is 526 g/mol. The number of hydrogen-bond acceptors (Lipinski definition) is 2. The molecule has 7 rings (SSSR count). The van der Waals surface area contributed by atoms with Crippen LogP contribution < -0.4 is 4.57 Å². The number of aromatic nitrogens is 1. The molecule has 2 fully saturated rings. The van der Waals surface area contributed by atoms with Crippen LogP contribution in [0.5, 0.6) is 0 Å². The van der Waals surface area contributed by atoms with Gasteiger partial charge in [-0.05, 0) is 85.3 Å². The van der Waals surface area contributed by atoms with Crippen molar-refractivity contribution < 1.29 is 8.98 Å². The van der Waals surface area contributed by atoms with Crippen LogP contribution in [-0.2, 0) is 7.05 Å². The lowest BCUT2D eigenvalue weighted by Crippen LogP contribution is -2.30. The number of pyridine rings is 1. The molecule has 40 heavy (non-hydrogen) atoms. The van der Waals surface area contributed by atoms with Crippen molar-refractivity contribution in [3.8, 4) is 28.5 Å². The van der Waals surface area contributed by atoms with Crippen LogP contribution in [0.25, 0.3) is 44.3 Å². The molecule has 0 radical (unpaired) electrons. The lowest BCUT2D eigenvalue weighted by Gasteiger charge is -2.33. The van der Waals surface area contributed by atoms with Crippen LogP contribution in [0.2, 0.25) is 0 Å². The highest BCUT2D eigenvalue weighted by atomic mass is 16.3. The Labute approximate surface area is 237 Å². The number of fused-ring (bicyclic) bond motifs is 3. The molecule has 2 aliphatic rings. The summed E-state index contributed by atoms with van der Waals surface area (Å²) in [6.45, 7) is 2.15. The molecule has 0 unspecified atom stereocenters. The van der Waals surface area contributed by atoms with Gasteiger partial charge in [-0.3, -0.25) is 0 Å². The van der Waals surface area contributed by atoms with Gasteiger partial charge in [0, 0.05) is 28.5 Å². The molecule has 2 heterocycles. The van der Waals surface area contributed by atoms with Gasteiger partial charge in [-0.15, -0.1) is 0 Å². The Balaban J connectivity index is 1.38. The quantitative estimate of drug-likeness (QED) is 0.219. The van der Waals surface area contributed by atoms with Crippen molar-refractivity contribution in [3.63, 3.8) is 0 Å². The van der Waals surface area contributed by atoms with Crippen LogP contribution in [0.4, 0.5) is 0 Å². The molecule has 0 aliphatic heterocycles. The minimum Gasteiger partial charge on any atom is -0.454 e. The van der Waals surface area contributed by atoms with E-state index in [1.807, 2.05) is 12.1 Å². The normalized spacial score (nSPS) is 19.8. The summed E-state index contributed by atoms with van der Waals surface area (Å²) in [5, 5.41) is 12.5. The molecule has 3 aromatic carbocycles. The molecule has 0 spiro atoms. The van der Waals surface area contributed by atoms with Crippen LogP contribution in [0.15, 0.2) is 77.3 Å². The number of benzene rings is 3. The molecule has 0 saturated heterocycles. The molecule has 3 nitrogen and oxygen atoms in total. The van der Waals surface area contributed by atoms with Crippen molar-refractivity contribution in [2.45, 2.75) is 64.2 Å². The highest BCUT2D eigenvalue weighted by Gasteiger charge is 2.31. The Hall–Kier alpha value is -3.90. The number of nitriles is 1. The van der Waals surface area contributed by atoms with E-state index < -0.39 is 0 Å². The van der Waals surface area contributed by atoms with Crippen LogP contribution in [0.1, 0.15) is 74.0 Å². The molecule has 5 aromatic rings. The van der Waals surface area contributed by atoms with Crippen molar-refractivity contribution in [1.82, 2.24) is 0 Å². The largest absolute Gasteiger partial charge is 0.454 e. The summed E-state index contributed by atoms with van der Waals surface area (Å²) in [5.74, 6) is 2.39. The summed E-state index contributed by atoms with van der Waals surface area (Å²) in [4.78, 5) is 0. The van der Waals surface area contributed by atoms with Gasteiger partial charge in [-0.25, -0.2) is 4.57 Å². The molecule has 2 aliphatic carbocycles. The zero-order chi connectivity index (χ0) is 27.2. The van der Waals surface area contributed by atoms with E-state index in [0.29, 0.717) is 11.5 Å². The van der Waals surface area contributed by atoms with Crippen molar-refractivity contribution in [3.05, 3.63) is 89.6 Å². The van der Waals surface area contributed by atoms with Gasteiger partial charge in [0.2, 0.25) is 5.69 Å². The monoisotopic (exact) mass is 525 g/mol. The van der Waals surface area contributed by atoms with Gasteiger partial charge < -0.3 is 4.42 Å². The van der Waals surface area contributed by atoms with Gasteiger partial charge in [-0.2, -0.15) is 5.26 Å². The highest BCUT2D eigenvalue weighted by Crippen LogP contribution is 2.48. The van der Waals surface area contributed by atoms with Gasteiger partial charge in [0.1, 0.15) is 18.2 Å². The molecular formula is C37H37N2O+. The molecular weight excluding hydrogens is 488 g/mol. The van der Waals surface area contributed by atoms with Gasteiger partial charge >= 0.3 is 0 Å². The molecule has 0 N–H and O–H groups in total. The van der Waals surface area contributed by atoms with Gasteiger partial charge in [-0.1, -0.05) is 62.1 Å². The predicted molar refractivity (Wildman–Crippen MR) is 162 cm³/mol. The van der Waals surface area contributed by atoms with Crippen molar-refractivity contribution in [1.29, 1.82) is 5.26 Å². The molecule has 3 heteroatoms. The summed E-state index contributed by atoms with van der Waals surface area (Å²) >= 11 is 0. The summed E-state index contributed by atoms with van der Waals surface area (Å²) < 4.78 is 9.01. The Morgan fingerprint density at radius 1 is 0.750 bits per heavy atom. The molecule has 0 atom stereocenters. The summed E-state index contributed by atoms with van der Waals surface area (Å²) in [7, 11) is 2.08. The third-order valence-electron chi connectivity index (χ3n) is 9.96. The maximum Gasteiger partial charge on any atom is 0.216 e. The van der Waals surface area contributed by atoms with Crippen LogP contribution in [0.3, 0.4) is 0 Å². The number of nitrogens with zero attached hydrogens (tertiary/aromatic N) is 2. The second-order valence-corrected chi connectivity index (χ2v) is 12.2. The van der Waals surface area contributed by atoms with Gasteiger partial charge in [0.05, 0.1) is 17.2 Å². The van der Waals surface area contributed by atoms with Crippen molar-refractivity contribution in [2.24, 2.45) is 18.9 Å². The zero-order valence-corrected chi connectivity index (χ0v) is 23.6. The minimum atomic E-state index is 0.529. The van der Waals surface area contributed by atoms with Gasteiger partial charge in [0.15, 0.2) is 6.20 Å². The van der Waals surface area contributed by atoms with E-state index in [1.54, 1.807) is 0 Å². The number of rotatable bonds is 4. The lowest BCUT2D eigenvalue weighted by atomic mass is 9.72. The SMILES string of the molecule is Cc1ccc2c(oc3c(-c4ccccc4C4CCC(C5CCCC5)CC4)c(C#N)ccc32)c1-c1cccc[n+]1C. The highest BCUT2D eigenvalue weighted by molar-refractivity contribution is 6.14. The fourth-order valence-electron chi connectivity index (χ4n) is 7.88. The van der Waals surface area contributed by atoms with Gasteiger partial charge in [0.25, 0.3) is 0 Å². The van der Waals surface area contributed by atoms with Crippen molar-refractivity contribution >= 4 is 21.9 Å². The second kappa shape index (κ2) is 10.3. The maximum atomic E-state index is 10.3. The number of aryl methyl sites for hydroxylation is 2. The average Bonchev–Trinajstić information content (AvgIpc) is 3.66. The van der Waals surface area contributed by atoms with Crippen molar-refractivity contribution in [2.75, 3.05) is 0 Å². The smallest absolute Gasteiger partial charge is 0.216 e. The fourth-order valence-corrected chi connectivity index (χ4v) is 7.88. The third-order valence-corrected chi connectivity index (χ3v) is 9.96. The van der Waals surface area contributed by atoms with E-state index in [-0.39, 0.29) is 0 Å². The molecule has 2 saturated carbocycles. The standard InChI is InChI=1S/C37H37N2O/c1-24-14-20-31-32-21-19-28(23-38)35(37(32)40-36(31)34(24)33-13-7-8-22-39(33)2)30-12-6-5-11-29(30)27-17-15-26(16-18-27)25-9-3-4-10-25/h5-8,11-14,19-22,25-27H,3-4,9-10,15-18H2,1-2H3/q+1. The minimum absolute atomic E-state index is 0.529. The first-order valence-electron chi connectivity index (χ1n) is 15.1. The van der Waals surface area contributed by atoms with E-state index in [2.05, 4.69) is 85.4 Å². The maximum absolute atomic E-state index is 10.3. The van der Waals surface area contributed by atoms with E-state index in [4.69, 9.17) is 4.42 Å². The van der Waals surface area contributed by atoms with E-state index in [1.165, 1.54) is 62.5 Å². The Bertz CT molecular complexity index is 1760. The first-order chi connectivity index (χ1) is 19.6. The molecule has 200 valence electrons. The van der Waals surface area contributed by atoms with E-state index in [9.17, 15) is 5.26 Å². The lowest BCUT2D eigenvalue weighted by molar-refractivity contribution is -0.660. The molecule has 0 bridgehead atoms. The zero-order valence-electron chi connectivity index (χ0n) is 23.6. The first kappa shape index (κ1) is 25.1. The molecule has 0 amide bonds. The summed E-state index contributed by atoms with van der Waals surface area (Å²) in [6, 6.07) is 26.0. The number of hydrogen-bond donors (Lipinski definition) is 0. The Morgan fingerprint density at radius 2 is 1.43 bits per heavy atom. The Kier molecular flexibility index (Phi) is 6.43. The summed E-state index contributed by atoms with van der Waals surface area (Å²) in [6.07, 6.45) is 13.0. The predicted octanol–water partition coefficient (Wildman–Crippen LogP) is 9.39. The Morgan fingerprint density at radius 3 is 2.17 bits per heavy atom. The van der Waals surface area contributed by atoms with Crippen LogP contribution >= 0.6 is 0 Å². The fraction of sp³-hybridized carbons (Fsp3) is 0.351. The molecule has 2 aromatic heterocycles. The number of furan rings is 1. The van der Waals surface area contributed by atoms with Crippen LogP contribution in [0, 0.1) is 30.1 Å². The van der Waals surface area contributed by atoms with E-state index >= 15 is 0 Å². The third kappa shape index (κ3) is 4.13. The second-order valence-electron chi connectivity index (χ2n) is 12.2. The topological polar surface area (TPSA) is 40.8 Å².